The van der Waals surface area contributed by atoms with Gasteiger partial charge in [0, 0.05) is 17.4 Å². The van der Waals surface area contributed by atoms with Gasteiger partial charge in [0.05, 0.1) is 0 Å². The molecule has 4 aliphatic carbocycles. The first-order chi connectivity index (χ1) is 8.34. The molecule has 0 bridgehead atoms. The molecule has 1 heteroatoms. The lowest BCUT2D eigenvalue weighted by molar-refractivity contribution is -0.111. The average molecular weight is 222 g/mol. The van der Waals surface area contributed by atoms with Crippen LogP contribution >= 0.6 is 0 Å². The van der Waals surface area contributed by atoms with Gasteiger partial charge in [-0.05, 0) is 36.5 Å². The lowest BCUT2D eigenvalue weighted by Gasteiger charge is -2.34. The van der Waals surface area contributed by atoms with Crippen molar-refractivity contribution in [3.05, 3.63) is 58.7 Å². The van der Waals surface area contributed by atoms with E-state index >= 15 is 0 Å². The van der Waals surface area contributed by atoms with Gasteiger partial charge in [-0.15, -0.1) is 0 Å². The molecule has 0 spiro atoms. The maximum atomic E-state index is 12.0. The average Bonchev–Trinajstić information content (AvgIpc) is 2.68. The molecule has 0 N–H and O–H groups in total. The van der Waals surface area contributed by atoms with Gasteiger partial charge in [-0.25, -0.2) is 0 Å². The molecule has 1 nitrogen and oxygen atoms in total. The fourth-order valence-corrected chi connectivity index (χ4v) is 3.58. The number of allylic oxidation sites excluding steroid dienone is 10. The summed E-state index contributed by atoms with van der Waals surface area (Å²) in [5.41, 5.74) is 5.20. The van der Waals surface area contributed by atoms with Gasteiger partial charge < -0.3 is 0 Å². The van der Waals surface area contributed by atoms with Crippen molar-refractivity contribution in [2.75, 3.05) is 0 Å². The highest BCUT2D eigenvalue weighted by Gasteiger charge is 2.40. The zero-order chi connectivity index (χ0) is 11.4. The van der Waals surface area contributed by atoms with E-state index in [1.165, 1.54) is 16.7 Å². The molecular formula is C16H14O. The SMILES string of the molecule is O=C1C=C2CC=CC3C4=C(C=C1C23)CCC=C4. The first kappa shape index (κ1) is 9.41. The molecule has 0 aromatic carbocycles. The van der Waals surface area contributed by atoms with Crippen molar-refractivity contribution in [3.8, 4) is 0 Å². The minimum atomic E-state index is 0.250. The van der Waals surface area contributed by atoms with Gasteiger partial charge in [0.2, 0.25) is 0 Å². The molecule has 84 valence electrons. The lowest BCUT2D eigenvalue weighted by Crippen LogP contribution is -2.25. The van der Waals surface area contributed by atoms with Gasteiger partial charge in [-0.3, -0.25) is 4.79 Å². The maximum Gasteiger partial charge on any atom is 0.182 e. The number of carbonyl (C=O) groups excluding carboxylic acids is 1. The van der Waals surface area contributed by atoms with Gasteiger partial charge in [0.25, 0.3) is 0 Å². The number of hydrogen-bond acceptors (Lipinski definition) is 1. The quantitative estimate of drug-likeness (QED) is 0.575. The third kappa shape index (κ3) is 1.17. The van der Waals surface area contributed by atoms with E-state index in [-0.39, 0.29) is 5.78 Å². The van der Waals surface area contributed by atoms with Gasteiger partial charge in [-0.1, -0.05) is 36.0 Å². The third-order valence-electron chi connectivity index (χ3n) is 4.33. The molecule has 0 heterocycles. The van der Waals surface area contributed by atoms with E-state index in [0.29, 0.717) is 11.8 Å². The van der Waals surface area contributed by atoms with Gasteiger partial charge >= 0.3 is 0 Å². The van der Waals surface area contributed by atoms with E-state index in [0.717, 1.165) is 24.8 Å². The van der Waals surface area contributed by atoms with Crippen LogP contribution < -0.4 is 0 Å². The van der Waals surface area contributed by atoms with E-state index in [2.05, 4.69) is 30.4 Å². The van der Waals surface area contributed by atoms with Crippen LogP contribution in [0.15, 0.2) is 58.7 Å². The zero-order valence-corrected chi connectivity index (χ0v) is 9.65. The Balaban J connectivity index is 1.94. The van der Waals surface area contributed by atoms with Crippen LogP contribution in [0.3, 0.4) is 0 Å². The molecule has 4 rings (SSSR count). The predicted molar refractivity (Wildman–Crippen MR) is 67.3 cm³/mol. The Morgan fingerprint density at radius 3 is 3.06 bits per heavy atom. The van der Waals surface area contributed by atoms with Crippen molar-refractivity contribution in [1.82, 2.24) is 0 Å². The summed E-state index contributed by atoms with van der Waals surface area (Å²) < 4.78 is 0. The van der Waals surface area contributed by atoms with E-state index < -0.39 is 0 Å². The summed E-state index contributed by atoms with van der Waals surface area (Å²) >= 11 is 0. The minimum absolute atomic E-state index is 0.250. The molecule has 0 saturated heterocycles. The van der Waals surface area contributed by atoms with Crippen LogP contribution in [0.5, 0.6) is 0 Å². The number of ketones is 1. The highest BCUT2D eigenvalue weighted by atomic mass is 16.1. The molecule has 0 radical (unpaired) electrons. The molecule has 0 aromatic rings. The zero-order valence-electron chi connectivity index (χ0n) is 9.65. The summed E-state index contributed by atoms with van der Waals surface area (Å²) in [4.78, 5) is 12.0. The maximum absolute atomic E-state index is 12.0. The van der Waals surface area contributed by atoms with Crippen LogP contribution in [0.1, 0.15) is 19.3 Å². The monoisotopic (exact) mass is 222 g/mol. The van der Waals surface area contributed by atoms with E-state index in [1.54, 1.807) is 0 Å². The molecule has 17 heavy (non-hydrogen) atoms. The van der Waals surface area contributed by atoms with Crippen LogP contribution in [-0.4, -0.2) is 5.78 Å². The van der Waals surface area contributed by atoms with Gasteiger partial charge in [0.15, 0.2) is 5.78 Å². The molecule has 0 fully saturated rings. The van der Waals surface area contributed by atoms with Crippen molar-refractivity contribution in [2.24, 2.45) is 11.8 Å². The van der Waals surface area contributed by atoms with E-state index in [1.807, 2.05) is 6.08 Å². The fourth-order valence-electron chi connectivity index (χ4n) is 3.58. The van der Waals surface area contributed by atoms with Crippen molar-refractivity contribution in [3.63, 3.8) is 0 Å². The summed E-state index contributed by atoms with van der Waals surface area (Å²) in [5.74, 6) is 1.03. The number of rotatable bonds is 0. The molecule has 0 amide bonds. The fraction of sp³-hybridized carbons (Fsp3) is 0.312. The molecule has 0 aliphatic heterocycles. The molecule has 2 atom stereocenters. The summed E-state index contributed by atoms with van der Waals surface area (Å²) in [6.45, 7) is 0. The highest BCUT2D eigenvalue weighted by molar-refractivity contribution is 6.09. The van der Waals surface area contributed by atoms with Crippen molar-refractivity contribution in [2.45, 2.75) is 19.3 Å². The Kier molecular flexibility index (Phi) is 1.77. The smallest absolute Gasteiger partial charge is 0.182 e. The Bertz CT molecular complexity index is 566. The second-order valence-corrected chi connectivity index (χ2v) is 5.24. The van der Waals surface area contributed by atoms with Crippen molar-refractivity contribution in [1.29, 1.82) is 0 Å². The summed E-state index contributed by atoms with van der Waals surface area (Å²) in [5, 5.41) is 0. The Hall–Kier alpha value is -1.63. The van der Waals surface area contributed by atoms with Crippen molar-refractivity contribution >= 4 is 5.78 Å². The van der Waals surface area contributed by atoms with Crippen LogP contribution in [0.4, 0.5) is 0 Å². The van der Waals surface area contributed by atoms with Crippen LogP contribution in [0.25, 0.3) is 0 Å². The first-order valence-electron chi connectivity index (χ1n) is 6.37. The van der Waals surface area contributed by atoms with Crippen LogP contribution in [0.2, 0.25) is 0 Å². The normalized spacial score (nSPS) is 33.3. The Morgan fingerprint density at radius 1 is 1.18 bits per heavy atom. The number of hydrogen-bond donors (Lipinski definition) is 0. The van der Waals surface area contributed by atoms with E-state index in [4.69, 9.17) is 0 Å². The summed E-state index contributed by atoms with van der Waals surface area (Å²) in [6, 6.07) is 0. The standard InChI is InChI=1S/C16H14O/c17-15-9-11-5-3-7-13-12-6-2-1-4-10(12)8-14(15)16(11)13/h2-3,6-9,13,16H,1,4-5H2. The summed E-state index contributed by atoms with van der Waals surface area (Å²) in [6.07, 6.45) is 16.3. The lowest BCUT2D eigenvalue weighted by atomic mass is 9.69. The number of carbonyl (C=O) groups is 1. The first-order valence-corrected chi connectivity index (χ1v) is 6.37. The molecule has 0 aromatic heterocycles. The third-order valence-corrected chi connectivity index (χ3v) is 4.33. The topological polar surface area (TPSA) is 17.1 Å². The Labute approximate surface area is 101 Å². The van der Waals surface area contributed by atoms with Crippen molar-refractivity contribution < 1.29 is 4.79 Å². The predicted octanol–water partition coefficient (Wildman–Crippen LogP) is 3.27. The largest absolute Gasteiger partial charge is 0.290 e. The minimum Gasteiger partial charge on any atom is -0.290 e. The van der Waals surface area contributed by atoms with E-state index in [9.17, 15) is 4.79 Å². The highest BCUT2D eigenvalue weighted by Crippen LogP contribution is 2.49. The van der Waals surface area contributed by atoms with Crippen LogP contribution in [-0.2, 0) is 4.79 Å². The second-order valence-electron chi connectivity index (χ2n) is 5.24. The molecular weight excluding hydrogens is 208 g/mol. The molecule has 0 saturated carbocycles. The molecule has 4 aliphatic rings. The van der Waals surface area contributed by atoms with Gasteiger partial charge in [0.1, 0.15) is 0 Å². The van der Waals surface area contributed by atoms with Gasteiger partial charge in [-0.2, -0.15) is 0 Å². The Morgan fingerprint density at radius 2 is 2.12 bits per heavy atom. The summed E-state index contributed by atoms with van der Waals surface area (Å²) in [7, 11) is 0. The second kappa shape index (κ2) is 3.19. The molecule has 2 unspecified atom stereocenters. The number of fused-ring (bicyclic) bond motifs is 1. The van der Waals surface area contributed by atoms with Crippen LogP contribution in [0, 0.1) is 11.8 Å².